The quantitative estimate of drug-likeness (QED) is 0.903. The first-order valence-corrected chi connectivity index (χ1v) is 5.84. The maximum Gasteiger partial charge on any atom is 0.0724 e. The summed E-state index contributed by atoms with van der Waals surface area (Å²) in [4.78, 5) is 8.47. The Labute approximate surface area is 106 Å². The Bertz CT molecular complexity index is 482. The van der Waals surface area contributed by atoms with Crippen molar-refractivity contribution in [3.63, 3.8) is 0 Å². The maximum atomic E-state index is 5.91. The lowest BCUT2D eigenvalue weighted by atomic mass is 10.2. The average molecular weight is 248 g/mol. The third-order valence-corrected chi connectivity index (χ3v) is 2.59. The van der Waals surface area contributed by atoms with Crippen LogP contribution in [0.5, 0.6) is 0 Å². The summed E-state index contributed by atoms with van der Waals surface area (Å²) >= 11 is 5.91. The van der Waals surface area contributed by atoms with E-state index in [0.29, 0.717) is 6.54 Å². The number of aryl methyl sites for hydroxylation is 1. The van der Waals surface area contributed by atoms with Crippen molar-refractivity contribution in [1.82, 2.24) is 15.3 Å². The van der Waals surface area contributed by atoms with E-state index >= 15 is 0 Å². The van der Waals surface area contributed by atoms with Gasteiger partial charge in [-0.15, -0.1) is 0 Å². The summed E-state index contributed by atoms with van der Waals surface area (Å²) in [7, 11) is 0. The van der Waals surface area contributed by atoms with E-state index in [1.807, 2.05) is 31.2 Å². The molecule has 3 nitrogen and oxygen atoms in total. The molecule has 0 aliphatic rings. The molecule has 0 saturated heterocycles. The first-order chi connectivity index (χ1) is 8.24. The van der Waals surface area contributed by atoms with Crippen molar-refractivity contribution in [3.8, 4) is 0 Å². The summed E-state index contributed by atoms with van der Waals surface area (Å²) < 4.78 is 0. The van der Waals surface area contributed by atoms with E-state index in [1.54, 1.807) is 12.4 Å². The molecule has 2 aromatic rings. The second-order valence-corrected chi connectivity index (χ2v) is 4.32. The van der Waals surface area contributed by atoms with Crippen LogP contribution in [0.15, 0.2) is 36.7 Å². The normalized spacial score (nSPS) is 10.5. The Morgan fingerprint density at radius 2 is 2.06 bits per heavy atom. The van der Waals surface area contributed by atoms with Gasteiger partial charge in [0.1, 0.15) is 0 Å². The van der Waals surface area contributed by atoms with Crippen molar-refractivity contribution in [1.29, 1.82) is 0 Å². The highest BCUT2D eigenvalue weighted by molar-refractivity contribution is 6.30. The van der Waals surface area contributed by atoms with Gasteiger partial charge in [0.2, 0.25) is 0 Å². The molecule has 0 saturated carbocycles. The number of rotatable bonds is 4. The fourth-order valence-electron chi connectivity index (χ4n) is 1.49. The number of nitrogens with zero attached hydrogens (tertiary/aromatic N) is 2. The van der Waals surface area contributed by atoms with E-state index in [9.17, 15) is 0 Å². The molecule has 2 rings (SSSR count). The monoisotopic (exact) mass is 247 g/mol. The van der Waals surface area contributed by atoms with Gasteiger partial charge in [-0.25, -0.2) is 0 Å². The van der Waals surface area contributed by atoms with Crippen molar-refractivity contribution in [2.45, 2.75) is 20.0 Å². The largest absolute Gasteiger partial charge is 0.307 e. The molecule has 1 N–H and O–H groups in total. The zero-order valence-corrected chi connectivity index (χ0v) is 10.4. The second kappa shape index (κ2) is 5.75. The molecule has 0 amide bonds. The lowest BCUT2D eigenvalue weighted by Crippen LogP contribution is -2.13. The molecule has 4 heteroatoms. The number of nitrogens with one attached hydrogen (secondary N) is 1. The van der Waals surface area contributed by atoms with Gasteiger partial charge in [0.05, 0.1) is 11.4 Å². The van der Waals surface area contributed by atoms with Gasteiger partial charge >= 0.3 is 0 Å². The Balaban J connectivity index is 1.85. The molecule has 1 aromatic carbocycles. The average Bonchev–Trinajstić information content (AvgIpc) is 2.32. The third kappa shape index (κ3) is 3.80. The SMILES string of the molecule is Cc1cnc(CNCc2cccc(Cl)c2)cn1. The fourth-order valence-corrected chi connectivity index (χ4v) is 1.71. The standard InChI is InChI=1S/C13H14ClN3/c1-10-6-17-13(9-16-10)8-15-7-11-3-2-4-12(14)5-11/h2-6,9,15H,7-8H2,1H3. The maximum absolute atomic E-state index is 5.91. The minimum Gasteiger partial charge on any atom is -0.307 e. The second-order valence-electron chi connectivity index (χ2n) is 3.88. The van der Waals surface area contributed by atoms with E-state index < -0.39 is 0 Å². The van der Waals surface area contributed by atoms with Gasteiger partial charge in [0.15, 0.2) is 0 Å². The number of halogens is 1. The predicted molar refractivity (Wildman–Crippen MR) is 68.8 cm³/mol. The highest BCUT2D eigenvalue weighted by atomic mass is 35.5. The first kappa shape index (κ1) is 12.0. The molecule has 0 fully saturated rings. The number of aromatic nitrogens is 2. The fraction of sp³-hybridized carbons (Fsp3) is 0.231. The lowest BCUT2D eigenvalue weighted by molar-refractivity contribution is 0.676. The highest BCUT2D eigenvalue weighted by Gasteiger charge is 1.96. The van der Waals surface area contributed by atoms with Crippen molar-refractivity contribution < 1.29 is 0 Å². The molecule has 0 bridgehead atoms. The molecule has 0 spiro atoms. The Morgan fingerprint density at radius 1 is 1.18 bits per heavy atom. The van der Waals surface area contributed by atoms with Gasteiger partial charge in [0.25, 0.3) is 0 Å². The van der Waals surface area contributed by atoms with E-state index in [0.717, 1.165) is 28.5 Å². The van der Waals surface area contributed by atoms with Crippen LogP contribution in [0, 0.1) is 6.92 Å². The molecule has 0 aliphatic heterocycles. The Kier molecular flexibility index (Phi) is 4.07. The highest BCUT2D eigenvalue weighted by Crippen LogP contribution is 2.10. The molecule has 88 valence electrons. The van der Waals surface area contributed by atoms with Crippen LogP contribution in [0.1, 0.15) is 17.0 Å². The minimum atomic E-state index is 0.708. The Morgan fingerprint density at radius 3 is 2.76 bits per heavy atom. The minimum absolute atomic E-state index is 0.708. The van der Waals surface area contributed by atoms with Crippen LogP contribution >= 0.6 is 11.6 Å². The van der Waals surface area contributed by atoms with Crippen LogP contribution in [-0.2, 0) is 13.1 Å². The molecule has 0 atom stereocenters. The van der Waals surface area contributed by atoms with E-state index in [1.165, 1.54) is 0 Å². The van der Waals surface area contributed by atoms with Crippen molar-refractivity contribution in [2.75, 3.05) is 0 Å². The summed E-state index contributed by atoms with van der Waals surface area (Å²) in [5.74, 6) is 0. The van der Waals surface area contributed by atoms with Crippen LogP contribution in [0.3, 0.4) is 0 Å². The van der Waals surface area contributed by atoms with Crippen molar-refractivity contribution >= 4 is 11.6 Å². The van der Waals surface area contributed by atoms with Crippen LogP contribution in [0.2, 0.25) is 5.02 Å². The summed E-state index contributed by atoms with van der Waals surface area (Å²) in [5.41, 5.74) is 3.04. The molecule has 0 radical (unpaired) electrons. The molecule has 1 aromatic heterocycles. The topological polar surface area (TPSA) is 37.8 Å². The van der Waals surface area contributed by atoms with Crippen LogP contribution in [0.25, 0.3) is 0 Å². The van der Waals surface area contributed by atoms with Gasteiger partial charge < -0.3 is 5.32 Å². The Hall–Kier alpha value is -1.45. The predicted octanol–water partition coefficient (Wildman–Crippen LogP) is 2.73. The zero-order chi connectivity index (χ0) is 12.1. The molecule has 1 heterocycles. The van der Waals surface area contributed by atoms with Gasteiger partial charge in [-0.05, 0) is 24.6 Å². The molecular weight excluding hydrogens is 234 g/mol. The summed E-state index contributed by atoms with van der Waals surface area (Å²) in [6, 6.07) is 7.82. The van der Waals surface area contributed by atoms with Crippen LogP contribution < -0.4 is 5.32 Å². The first-order valence-electron chi connectivity index (χ1n) is 5.47. The van der Waals surface area contributed by atoms with Gasteiger partial charge in [-0.1, -0.05) is 23.7 Å². The van der Waals surface area contributed by atoms with E-state index in [4.69, 9.17) is 11.6 Å². The summed E-state index contributed by atoms with van der Waals surface area (Å²) in [6.45, 7) is 3.41. The summed E-state index contributed by atoms with van der Waals surface area (Å²) in [6.07, 6.45) is 3.57. The molecule has 0 unspecified atom stereocenters. The van der Waals surface area contributed by atoms with Gasteiger partial charge in [0, 0.05) is 30.5 Å². The van der Waals surface area contributed by atoms with Crippen molar-refractivity contribution in [3.05, 3.63) is 58.6 Å². The number of hydrogen-bond acceptors (Lipinski definition) is 3. The lowest BCUT2D eigenvalue weighted by Gasteiger charge is -2.04. The van der Waals surface area contributed by atoms with Crippen LogP contribution in [0.4, 0.5) is 0 Å². The van der Waals surface area contributed by atoms with Gasteiger partial charge in [-0.3, -0.25) is 9.97 Å². The number of benzene rings is 1. The third-order valence-electron chi connectivity index (χ3n) is 2.36. The zero-order valence-electron chi connectivity index (χ0n) is 9.65. The van der Waals surface area contributed by atoms with E-state index in [2.05, 4.69) is 15.3 Å². The van der Waals surface area contributed by atoms with Crippen molar-refractivity contribution in [2.24, 2.45) is 0 Å². The van der Waals surface area contributed by atoms with Gasteiger partial charge in [-0.2, -0.15) is 0 Å². The molecule has 17 heavy (non-hydrogen) atoms. The summed E-state index contributed by atoms with van der Waals surface area (Å²) in [5, 5.41) is 4.07. The smallest absolute Gasteiger partial charge is 0.0724 e. The molecular formula is C13H14ClN3. The molecule has 0 aliphatic carbocycles. The van der Waals surface area contributed by atoms with E-state index in [-0.39, 0.29) is 0 Å². The van der Waals surface area contributed by atoms with Crippen LogP contribution in [-0.4, -0.2) is 9.97 Å². The number of hydrogen-bond donors (Lipinski definition) is 1.